The lowest BCUT2D eigenvalue weighted by Gasteiger charge is -2.32. The Balaban J connectivity index is 2.23. The molecule has 0 saturated carbocycles. The summed E-state index contributed by atoms with van der Waals surface area (Å²) in [6, 6.07) is 7.64. The molecule has 0 N–H and O–H groups in total. The van der Waals surface area contributed by atoms with Gasteiger partial charge < -0.3 is 9.31 Å². The standard InChI is InChI=1S/C15H20BFO2/c1-11-8-6-7-9-12(11)10-13(17)16-18-14(2,3)15(4,5)19-16/h6-10H,1-5H3. The average Bonchev–Trinajstić information content (AvgIpc) is 2.51. The van der Waals surface area contributed by atoms with Crippen LogP contribution in [0.2, 0.25) is 0 Å². The molecule has 102 valence electrons. The molecule has 4 heteroatoms. The maximum atomic E-state index is 14.3. The fourth-order valence-corrected chi connectivity index (χ4v) is 1.92. The lowest BCUT2D eigenvalue weighted by Crippen LogP contribution is -2.41. The summed E-state index contributed by atoms with van der Waals surface area (Å²) in [6.45, 7) is 9.59. The van der Waals surface area contributed by atoms with Gasteiger partial charge in [-0.05, 0) is 51.8 Å². The van der Waals surface area contributed by atoms with Crippen molar-refractivity contribution in [3.05, 3.63) is 41.1 Å². The Labute approximate surface area is 114 Å². The van der Waals surface area contributed by atoms with Gasteiger partial charge in [-0.15, -0.1) is 0 Å². The van der Waals surface area contributed by atoms with E-state index in [0.717, 1.165) is 11.1 Å². The molecule has 1 aromatic rings. The van der Waals surface area contributed by atoms with Crippen molar-refractivity contribution in [3.8, 4) is 0 Å². The highest BCUT2D eigenvalue weighted by atomic mass is 19.1. The molecule has 0 bridgehead atoms. The molecule has 0 atom stereocenters. The van der Waals surface area contributed by atoms with E-state index in [-0.39, 0.29) is 0 Å². The molecule has 0 aromatic heterocycles. The smallest absolute Gasteiger partial charge is 0.398 e. The first-order chi connectivity index (χ1) is 8.73. The van der Waals surface area contributed by atoms with Gasteiger partial charge in [0.15, 0.2) is 0 Å². The normalized spacial score (nSPS) is 21.8. The molecule has 2 rings (SSSR count). The highest BCUT2D eigenvalue weighted by Crippen LogP contribution is 2.39. The molecular formula is C15H20BFO2. The molecule has 0 amide bonds. The highest BCUT2D eigenvalue weighted by molar-refractivity contribution is 6.54. The zero-order chi connectivity index (χ0) is 14.3. The summed E-state index contributed by atoms with van der Waals surface area (Å²) in [4.78, 5) is 0. The van der Waals surface area contributed by atoms with Gasteiger partial charge in [-0.2, -0.15) is 0 Å². The molecular weight excluding hydrogens is 242 g/mol. The van der Waals surface area contributed by atoms with Crippen molar-refractivity contribution in [2.45, 2.75) is 45.8 Å². The third-order valence-electron chi connectivity index (χ3n) is 3.96. The van der Waals surface area contributed by atoms with Gasteiger partial charge in [-0.3, -0.25) is 0 Å². The lowest BCUT2D eigenvalue weighted by atomic mass is 9.86. The molecule has 0 unspecified atom stereocenters. The predicted molar refractivity (Wildman–Crippen MR) is 76.3 cm³/mol. The van der Waals surface area contributed by atoms with Crippen LogP contribution in [0.3, 0.4) is 0 Å². The van der Waals surface area contributed by atoms with Gasteiger partial charge >= 0.3 is 7.12 Å². The maximum absolute atomic E-state index is 14.3. The Morgan fingerprint density at radius 2 is 1.63 bits per heavy atom. The fourth-order valence-electron chi connectivity index (χ4n) is 1.92. The van der Waals surface area contributed by atoms with Gasteiger partial charge in [0, 0.05) is 0 Å². The van der Waals surface area contributed by atoms with Crippen LogP contribution in [0.25, 0.3) is 6.08 Å². The largest absolute Gasteiger partial charge is 0.525 e. The van der Waals surface area contributed by atoms with Gasteiger partial charge in [0.2, 0.25) is 0 Å². The Morgan fingerprint density at radius 3 is 2.16 bits per heavy atom. The SMILES string of the molecule is Cc1ccccc1C=C(F)B1OC(C)(C)C(C)(C)O1. The van der Waals surface area contributed by atoms with Crippen LogP contribution in [0.15, 0.2) is 30.0 Å². The summed E-state index contributed by atoms with van der Waals surface area (Å²) >= 11 is 0. The van der Waals surface area contributed by atoms with Crippen molar-refractivity contribution in [2.75, 3.05) is 0 Å². The predicted octanol–water partition coefficient (Wildman–Crippen LogP) is 3.94. The van der Waals surface area contributed by atoms with Crippen molar-refractivity contribution in [1.29, 1.82) is 0 Å². The summed E-state index contributed by atoms with van der Waals surface area (Å²) in [6.07, 6.45) is 1.48. The van der Waals surface area contributed by atoms with Gasteiger partial charge in [0.25, 0.3) is 0 Å². The van der Waals surface area contributed by atoms with Crippen LogP contribution in [0.4, 0.5) is 4.39 Å². The third-order valence-corrected chi connectivity index (χ3v) is 3.96. The Hall–Kier alpha value is -1.13. The van der Waals surface area contributed by atoms with Gasteiger partial charge in [-0.1, -0.05) is 24.3 Å². The first-order valence-electron chi connectivity index (χ1n) is 6.51. The van der Waals surface area contributed by atoms with Crippen molar-refractivity contribution in [1.82, 2.24) is 0 Å². The Kier molecular flexibility index (Phi) is 3.58. The van der Waals surface area contributed by atoms with E-state index >= 15 is 0 Å². The zero-order valence-corrected chi connectivity index (χ0v) is 12.2. The molecule has 1 heterocycles. The van der Waals surface area contributed by atoms with E-state index in [1.165, 1.54) is 6.08 Å². The average molecular weight is 262 g/mol. The molecule has 1 fully saturated rings. The molecule has 1 aliphatic heterocycles. The van der Waals surface area contributed by atoms with Crippen molar-refractivity contribution < 1.29 is 13.7 Å². The summed E-state index contributed by atoms with van der Waals surface area (Å²) in [5.74, 6) is 0. The highest BCUT2D eigenvalue weighted by Gasteiger charge is 2.53. The van der Waals surface area contributed by atoms with E-state index in [1.807, 2.05) is 58.9 Å². The van der Waals surface area contributed by atoms with Crippen molar-refractivity contribution in [3.63, 3.8) is 0 Å². The number of benzene rings is 1. The van der Waals surface area contributed by atoms with Crippen molar-refractivity contribution in [2.24, 2.45) is 0 Å². The monoisotopic (exact) mass is 262 g/mol. The summed E-state index contributed by atoms with van der Waals surface area (Å²) in [5, 5.41) is 0. The number of hydrogen-bond acceptors (Lipinski definition) is 2. The Bertz CT molecular complexity index is 493. The van der Waals surface area contributed by atoms with Crippen LogP contribution in [0.1, 0.15) is 38.8 Å². The van der Waals surface area contributed by atoms with Crippen LogP contribution >= 0.6 is 0 Å². The number of halogens is 1. The molecule has 1 aromatic carbocycles. The van der Waals surface area contributed by atoms with Gasteiger partial charge in [0.05, 0.1) is 11.2 Å². The molecule has 0 radical (unpaired) electrons. The first-order valence-corrected chi connectivity index (χ1v) is 6.51. The van der Waals surface area contributed by atoms with Crippen LogP contribution in [0, 0.1) is 6.92 Å². The van der Waals surface area contributed by atoms with E-state index in [2.05, 4.69) is 0 Å². The van der Waals surface area contributed by atoms with E-state index < -0.39 is 24.0 Å². The summed E-state index contributed by atoms with van der Waals surface area (Å²) in [5.41, 5.74) is 0.431. The molecule has 2 nitrogen and oxygen atoms in total. The quantitative estimate of drug-likeness (QED) is 0.751. The fraction of sp³-hybridized carbons (Fsp3) is 0.467. The minimum absolute atomic E-state index is 0.395. The van der Waals surface area contributed by atoms with Gasteiger partial charge in [-0.25, -0.2) is 4.39 Å². The van der Waals surface area contributed by atoms with Crippen LogP contribution in [-0.2, 0) is 9.31 Å². The third kappa shape index (κ3) is 2.75. The van der Waals surface area contributed by atoms with E-state index in [9.17, 15) is 4.39 Å². The number of rotatable bonds is 2. The minimum Gasteiger partial charge on any atom is -0.398 e. The molecule has 0 aliphatic carbocycles. The van der Waals surface area contributed by atoms with E-state index in [0.29, 0.717) is 0 Å². The van der Waals surface area contributed by atoms with Crippen LogP contribution in [-0.4, -0.2) is 18.3 Å². The van der Waals surface area contributed by atoms with E-state index in [4.69, 9.17) is 9.31 Å². The molecule has 0 spiro atoms. The Morgan fingerprint density at radius 1 is 1.11 bits per heavy atom. The second-order valence-electron chi connectivity index (χ2n) is 5.97. The topological polar surface area (TPSA) is 18.5 Å². The second kappa shape index (κ2) is 4.76. The first kappa shape index (κ1) is 14.3. The van der Waals surface area contributed by atoms with Crippen molar-refractivity contribution >= 4 is 13.2 Å². The zero-order valence-electron chi connectivity index (χ0n) is 12.2. The van der Waals surface area contributed by atoms with E-state index in [1.54, 1.807) is 0 Å². The van der Waals surface area contributed by atoms with Gasteiger partial charge in [0.1, 0.15) is 5.73 Å². The molecule has 1 aliphatic rings. The maximum Gasteiger partial charge on any atom is 0.525 e. The second-order valence-corrected chi connectivity index (χ2v) is 5.97. The van der Waals surface area contributed by atoms with Crippen LogP contribution in [0.5, 0.6) is 0 Å². The van der Waals surface area contributed by atoms with Crippen LogP contribution < -0.4 is 0 Å². The summed E-state index contributed by atoms with van der Waals surface area (Å²) in [7, 11) is -0.926. The number of hydrogen-bond donors (Lipinski definition) is 0. The minimum atomic E-state index is -0.926. The molecule has 1 saturated heterocycles. The number of aryl methyl sites for hydroxylation is 1. The summed E-state index contributed by atoms with van der Waals surface area (Å²) < 4.78 is 25.6. The lowest BCUT2D eigenvalue weighted by molar-refractivity contribution is 0.00578. The molecule has 19 heavy (non-hydrogen) atoms.